The first-order chi connectivity index (χ1) is 10.6. The van der Waals surface area contributed by atoms with Crippen molar-refractivity contribution in [2.45, 2.75) is 104 Å². The van der Waals surface area contributed by atoms with Gasteiger partial charge in [0, 0.05) is 0 Å². The summed E-state index contributed by atoms with van der Waals surface area (Å²) >= 11 is 1.18. The molecule has 2 fully saturated rings. The maximum Gasteiger partial charge on any atom is -0.0582 e. The summed E-state index contributed by atoms with van der Waals surface area (Å²) in [4.78, 5) is 0. The monoisotopic (exact) mass is 475 g/mol. The Morgan fingerprint density at radius 1 is 1.05 bits per heavy atom. The van der Waals surface area contributed by atoms with E-state index in [0.717, 1.165) is 12.3 Å². The fraction of sp³-hybridized carbons (Fsp3) is 0.850. The molecule has 2 aliphatic rings. The summed E-state index contributed by atoms with van der Waals surface area (Å²) in [6, 6.07) is 0.610. The third-order valence-corrected chi connectivity index (χ3v) is 5.25. The molecule has 0 saturated heterocycles. The predicted molar refractivity (Wildman–Crippen MR) is 97.1 cm³/mol. The Bertz CT molecular complexity index is 184. The molecule has 0 aromatic heterocycles. The van der Waals surface area contributed by atoms with Crippen LogP contribution in [0.5, 0.6) is 0 Å². The van der Waals surface area contributed by atoms with Crippen molar-refractivity contribution in [2.24, 2.45) is 9.26 Å². The average molecular weight is 475 g/mol. The smallest absolute Gasteiger partial charge is 0.0582 e. The topological polar surface area (TPSA) is 12.4 Å². The Balaban J connectivity index is 0. The van der Waals surface area contributed by atoms with Crippen LogP contribution in [0.3, 0.4) is 0 Å². The molecule has 0 aromatic rings. The largest absolute Gasteiger partial charge is 0.344 e. The zero-order valence-corrected chi connectivity index (χ0v) is 18.9. The van der Waals surface area contributed by atoms with E-state index in [1.54, 1.807) is 0 Å². The Kier molecular flexibility index (Phi) is 24.3. The number of nitrogens with zero attached hydrogens (tertiary/aromatic N) is 1. The Morgan fingerprint density at radius 3 is 1.64 bits per heavy atom. The van der Waals surface area contributed by atoms with Crippen molar-refractivity contribution in [1.82, 2.24) is 0 Å². The van der Waals surface area contributed by atoms with Crippen LogP contribution < -0.4 is 0 Å². The van der Waals surface area contributed by atoms with Crippen molar-refractivity contribution in [3.05, 3.63) is 19.8 Å². The van der Waals surface area contributed by atoms with Crippen LogP contribution in [0.15, 0.2) is 3.34 Å². The molecule has 0 heterocycles. The van der Waals surface area contributed by atoms with E-state index in [1.807, 2.05) is 6.92 Å². The molecule has 0 aliphatic heterocycles. The van der Waals surface area contributed by atoms with Crippen molar-refractivity contribution in [1.29, 1.82) is 0 Å². The van der Waals surface area contributed by atoms with Gasteiger partial charge in [-0.3, -0.25) is 0 Å². The minimum atomic E-state index is 0.610. The van der Waals surface area contributed by atoms with Crippen molar-refractivity contribution in [2.75, 3.05) is 0 Å². The molecule has 1 atom stereocenters. The molecule has 2 rings (SSSR count). The van der Waals surface area contributed by atoms with Gasteiger partial charge in [0.2, 0.25) is 0 Å². The molecule has 0 N–H and O–H groups in total. The molecule has 133 valence electrons. The summed E-state index contributed by atoms with van der Waals surface area (Å²) in [5, 5.41) is 0. The fourth-order valence-electron chi connectivity index (χ4n) is 2.07. The second-order valence-electron chi connectivity index (χ2n) is 6.35. The number of hydrogen-bond donors (Lipinski definition) is 0. The van der Waals surface area contributed by atoms with Gasteiger partial charge in [0.1, 0.15) is 0 Å². The van der Waals surface area contributed by atoms with Gasteiger partial charge in [0.05, 0.1) is 0 Å². The minimum absolute atomic E-state index is 0.610. The Hall–Kier alpha value is 0.540. The fourth-order valence-corrected chi connectivity index (χ4v) is 2.66. The van der Waals surface area contributed by atoms with Crippen molar-refractivity contribution in [3.8, 4) is 0 Å². The first-order valence-corrected chi connectivity index (χ1v) is 10.8. The van der Waals surface area contributed by atoms with Crippen LogP contribution in [0, 0.1) is 25.7 Å². The molecule has 0 radical (unpaired) electrons. The van der Waals surface area contributed by atoms with E-state index in [9.17, 15) is 0 Å². The van der Waals surface area contributed by atoms with Gasteiger partial charge >= 0.3 is 50.5 Å². The van der Waals surface area contributed by atoms with E-state index in [1.165, 1.54) is 85.1 Å². The average Bonchev–Trinajstić information content (AvgIpc) is 2.58. The molecule has 1 unspecified atom stereocenters. The third-order valence-electron chi connectivity index (χ3n) is 3.83. The first kappa shape index (κ1) is 24.8. The van der Waals surface area contributed by atoms with Gasteiger partial charge in [0.25, 0.3) is 0 Å². The van der Waals surface area contributed by atoms with E-state index in [-0.39, 0.29) is 0 Å². The van der Waals surface area contributed by atoms with Crippen LogP contribution in [-0.2, 0) is 20.9 Å². The van der Waals surface area contributed by atoms with Gasteiger partial charge in [-0.15, -0.1) is 0 Å². The van der Waals surface area contributed by atoms with E-state index < -0.39 is 0 Å². The molecular formula is C20H40NTa-3. The summed E-state index contributed by atoms with van der Waals surface area (Å²) in [6.07, 6.45) is 19.7. The molecule has 0 aromatic carbocycles. The van der Waals surface area contributed by atoms with Gasteiger partial charge in [-0.05, 0) is 5.92 Å². The van der Waals surface area contributed by atoms with Gasteiger partial charge in [-0.2, -0.15) is 32.1 Å². The van der Waals surface area contributed by atoms with Crippen LogP contribution in [0.4, 0.5) is 0 Å². The summed E-state index contributed by atoms with van der Waals surface area (Å²) in [6.45, 7) is 12.1. The standard InChI is InChI=1S/C7H13.C6H11.C4H9N.C3H7.Ta/c1-7-5-3-2-4-6-7;1-2-4-6-5-3-1;1-3-4(2)5;1-3-2;/h2,7H,3-6H2,1H3;1H,2-6H2;4H,3H2,1-2H3;1,3H2,2H3;/q2*-1;;-1;. The molecule has 2 aliphatic carbocycles. The zero-order valence-electron chi connectivity index (χ0n) is 15.7. The molecule has 0 bridgehead atoms. The zero-order chi connectivity index (χ0) is 17.1. The second kappa shape index (κ2) is 21.5. The first-order valence-electron chi connectivity index (χ1n) is 9.38. The molecule has 1 nitrogen and oxygen atoms in total. The normalized spacial score (nSPS) is 19.1. The maximum atomic E-state index is 4.12. The number of hydrogen-bond acceptors (Lipinski definition) is 1. The minimum Gasteiger partial charge on any atom is -0.344 e. The molecule has 2 heteroatoms. The Labute approximate surface area is 154 Å². The van der Waals surface area contributed by atoms with Crippen LogP contribution in [0.2, 0.25) is 0 Å². The van der Waals surface area contributed by atoms with Crippen LogP contribution in [0.1, 0.15) is 98.3 Å². The molecule has 0 amide bonds. The van der Waals surface area contributed by atoms with E-state index >= 15 is 0 Å². The predicted octanol–water partition coefficient (Wildman–Crippen LogP) is 7.30. The maximum absolute atomic E-state index is 4.12. The molecule has 22 heavy (non-hydrogen) atoms. The molecular weight excluding hydrogens is 435 g/mol. The van der Waals surface area contributed by atoms with E-state index in [2.05, 4.69) is 43.9 Å². The number of rotatable bonds is 2. The third kappa shape index (κ3) is 22.8. The quantitative estimate of drug-likeness (QED) is 0.372. The van der Waals surface area contributed by atoms with Gasteiger partial charge in [-0.1, -0.05) is 46.0 Å². The van der Waals surface area contributed by atoms with Crippen molar-refractivity contribution < 1.29 is 20.9 Å². The van der Waals surface area contributed by atoms with Gasteiger partial charge in [-0.25, -0.2) is 0 Å². The molecule has 0 spiro atoms. The van der Waals surface area contributed by atoms with Crippen molar-refractivity contribution in [3.63, 3.8) is 0 Å². The van der Waals surface area contributed by atoms with Crippen LogP contribution in [-0.4, -0.2) is 6.04 Å². The summed E-state index contributed by atoms with van der Waals surface area (Å²) in [5.41, 5.74) is 0. The van der Waals surface area contributed by atoms with Crippen LogP contribution >= 0.6 is 0 Å². The summed E-state index contributed by atoms with van der Waals surface area (Å²) in [7, 11) is 0. The van der Waals surface area contributed by atoms with Gasteiger partial charge in [0.15, 0.2) is 0 Å². The van der Waals surface area contributed by atoms with Crippen LogP contribution in [0.25, 0.3) is 0 Å². The van der Waals surface area contributed by atoms with Crippen molar-refractivity contribution >= 4 is 0 Å². The Morgan fingerprint density at radius 2 is 1.50 bits per heavy atom. The van der Waals surface area contributed by atoms with E-state index in [4.69, 9.17) is 0 Å². The van der Waals surface area contributed by atoms with Gasteiger partial charge < -0.3 is 19.8 Å². The molecule has 2 saturated carbocycles. The summed E-state index contributed by atoms with van der Waals surface area (Å²) < 4.78 is 4.12. The summed E-state index contributed by atoms with van der Waals surface area (Å²) in [5.74, 6) is 1.00. The van der Waals surface area contributed by atoms with E-state index in [0.29, 0.717) is 6.04 Å². The SMILES string of the molecule is CC1CC[CH-]CC1.CCC(C)[N]=[Ta].[CH-]1CCCCC1.[CH2-]CC. The second-order valence-corrected chi connectivity index (χ2v) is 7.18.